The number of carboxylic acids is 1. The fourth-order valence-electron chi connectivity index (χ4n) is 1.03. The monoisotopic (exact) mass is 230 g/mol. The highest BCUT2D eigenvalue weighted by molar-refractivity contribution is 8.00. The van der Waals surface area contributed by atoms with Crippen molar-refractivity contribution in [3.63, 3.8) is 0 Å². The molecule has 0 radical (unpaired) electrons. The summed E-state index contributed by atoms with van der Waals surface area (Å²) >= 11 is 7.25. The van der Waals surface area contributed by atoms with Crippen LogP contribution in [0.15, 0.2) is 23.1 Å². The van der Waals surface area contributed by atoms with Crippen LogP contribution >= 0.6 is 23.4 Å². The molecule has 0 aliphatic heterocycles. The quantitative estimate of drug-likeness (QED) is 0.807. The van der Waals surface area contributed by atoms with Crippen molar-refractivity contribution < 1.29 is 9.90 Å². The van der Waals surface area contributed by atoms with Crippen molar-refractivity contribution >= 4 is 29.3 Å². The smallest absolute Gasteiger partial charge is 0.336 e. The molecule has 0 aliphatic rings. The molecule has 0 aliphatic carbocycles. The van der Waals surface area contributed by atoms with Crippen molar-refractivity contribution in [2.45, 2.75) is 24.0 Å². The summed E-state index contributed by atoms with van der Waals surface area (Å²) in [7, 11) is 0. The van der Waals surface area contributed by atoms with Crippen LogP contribution in [-0.4, -0.2) is 16.3 Å². The number of thioether (sulfide) groups is 1. The number of hydrogen-bond acceptors (Lipinski definition) is 2. The van der Waals surface area contributed by atoms with E-state index in [4.69, 9.17) is 16.7 Å². The molecule has 0 spiro atoms. The third-order valence-electron chi connectivity index (χ3n) is 1.53. The van der Waals surface area contributed by atoms with E-state index in [1.54, 1.807) is 12.1 Å². The molecule has 0 bridgehead atoms. The second kappa shape index (κ2) is 4.71. The van der Waals surface area contributed by atoms with Crippen molar-refractivity contribution in [2.24, 2.45) is 0 Å². The summed E-state index contributed by atoms with van der Waals surface area (Å²) < 4.78 is 0. The summed E-state index contributed by atoms with van der Waals surface area (Å²) in [6.45, 7) is 4.04. The standard InChI is InChI=1S/C10H11ClO2S/c1-6(2)14-9-4-3-7(11)5-8(9)10(12)13/h3-6H,1-2H3,(H,12,13). The molecule has 1 aromatic rings. The topological polar surface area (TPSA) is 37.3 Å². The van der Waals surface area contributed by atoms with E-state index in [1.165, 1.54) is 17.8 Å². The minimum atomic E-state index is -0.935. The van der Waals surface area contributed by atoms with E-state index in [1.807, 2.05) is 13.8 Å². The van der Waals surface area contributed by atoms with Crippen LogP contribution in [0.5, 0.6) is 0 Å². The molecule has 0 saturated carbocycles. The van der Waals surface area contributed by atoms with Gasteiger partial charge in [-0.1, -0.05) is 25.4 Å². The van der Waals surface area contributed by atoms with Crippen LogP contribution in [0.2, 0.25) is 5.02 Å². The highest BCUT2D eigenvalue weighted by atomic mass is 35.5. The molecular weight excluding hydrogens is 220 g/mol. The molecule has 0 fully saturated rings. The zero-order valence-corrected chi connectivity index (χ0v) is 9.52. The van der Waals surface area contributed by atoms with Crippen molar-refractivity contribution in [3.05, 3.63) is 28.8 Å². The first-order valence-corrected chi connectivity index (χ1v) is 5.46. The zero-order chi connectivity index (χ0) is 10.7. The number of benzene rings is 1. The van der Waals surface area contributed by atoms with Gasteiger partial charge < -0.3 is 5.11 Å². The van der Waals surface area contributed by atoms with Crippen LogP contribution < -0.4 is 0 Å². The summed E-state index contributed by atoms with van der Waals surface area (Å²) in [6.07, 6.45) is 0. The van der Waals surface area contributed by atoms with Gasteiger partial charge in [0.05, 0.1) is 5.56 Å². The van der Waals surface area contributed by atoms with E-state index in [9.17, 15) is 4.79 Å². The summed E-state index contributed by atoms with van der Waals surface area (Å²) in [5, 5.41) is 9.74. The minimum Gasteiger partial charge on any atom is -0.478 e. The van der Waals surface area contributed by atoms with Gasteiger partial charge in [-0.3, -0.25) is 0 Å². The van der Waals surface area contributed by atoms with Crippen LogP contribution in [0.3, 0.4) is 0 Å². The van der Waals surface area contributed by atoms with Crippen LogP contribution in [-0.2, 0) is 0 Å². The van der Waals surface area contributed by atoms with E-state index in [0.717, 1.165) is 4.90 Å². The Morgan fingerprint density at radius 1 is 1.50 bits per heavy atom. The Bertz CT molecular complexity index is 350. The van der Waals surface area contributed by atoms with E-state index in [0.29, 0.717) is 10.3 Å². The first kappa shape index (κ1) is 11.4. The lowest BCUT2D eigenvalue weighted by Gasteiger charge is -2.08. The van der Waals surface area contributed by atoms with Crippen molar-refractivity contribution in [3.8, 4) is 0 Å². The number of carbonyl (C=O) groups is 1. The van der Waals surface area contributed by atoms with Gasteiger partial charge in [-0.05, 0) is 18.2 Å². The van der Waals surface area contributed by atoms with Crippen molar-refractivity contribution in [1.29, 1.82) is 0 Å². The van der Waals surface area contributed by atoms with Gasteiger partial charge in [0.15, 0.2) is 0 Å². The molecule has 0 unspecified atom stereocenters. The predicted octanol–water partition coefficient (Wildman–Crippen LogP) is 3.54. The number of hydrogen-bond donors (Lipinski definition) is 1. The summed E-state index contributed by atoms with van der Waals surface area (Å²) in [6, 6.07) is 4.93. The maximum atomic E-state index is 10.9. The van der Waals surface area contributed by atoms with Gasteiger partial charge in [0.25, 0.3) is 0 Å². The molecule has 1 rings (SSSR count). The molecule has 0 saturated heterocycles. The highest BCUT2D eigenvalue weighted by Gasteiger charge is 2.11. The van der Waals surface area contributed by atoms with Gasteiger partial charge in [0, 0.05) is 15.2 Å². The number of aromatic carboxylic acids is 1. The van der Waals surface area contributed by atoms with Crippen molar-refractivity contribution in [1.82, 2.24) is 0 Å². The van der Waals surface area contributed by atoms with Gasteiger partial charge in [0.1, 0.15) is 0 Å². The lowest BCUT2D eigenvalue weighted by atomic mass is 10.2. The number of carboxylic acid groups (broad SMARTS) is 1. The molecule has 1 N–H and O–H groups in total. The van der Waals surface area contributed by atoms with Gasteiger partial charge >= 0.3 is 5.97 Å². The molecule has 0 atom stereocenters. The Hall–Kier alpha value is -0.670. The molecular formula is C10H11ClO2S. The molecule has 0 amide bonds. The van der Waals surface area contributed by atoms with E-state index in [2.05, 4.69) is 0 Å². The van der Waals surface area contributed by atoms with Crippen LogP contribution in [0.25, 0.3) is 0 Å². The fraction of sp³-hybridized carbons (Fsp3) is 0.300. The SMILES string of the molecule is CC(C)Sc1ccc(Cl)cc1C(=O)O. The molecule has 0 heterocycles. The Morgan fingerprint density at radius 2 is 2.14 bits per heavy atom. The Morgan fingerprint density at radius 3 is 2.64 bits per heavy atom. The van der Waals surface area contributed by atoms with Gasteiger partial charge in [0.2, 0.25) is 0 Å². The minimum absolute atomic E-state index is 0.274. The molecule has 2 nitrogen and oxygen atoms in total. The fourth-order valence-corrected chi connectivity index (χ4v) is 2.13. The van der Waals surface area contributed by atoms with Crippen LogP contribution in [0.4, 0.5) is 0 Å². The lowest BCUT2D eigenvalue weighted by Crippen LogP contribution is -2.00. The normalized spacial score (nSPS) is 10.6. The van der Waals surface area contributed by atoms with E-state index in [-0.39, 0.29) is 5.56 Å². The van der Waals surface area contributed by atoms with Gasteiger partial charge in [-0.25, -0.2) is 4.79 Å². The Kier molecular flexibility index (Phi) is 3.84. The molecule has 0 aromatic heterocycles. The molecule has 4 heteroatoms. The van der Waals surface area contributed by atoms with Gasteiger partial charge in [-0.15, -0.1) is 11.8 Å². The molecule has 1 aromatic carbocycles. The largest absolute Gasteiger partial charge is 0.478 e. The Balaban J connectivity index is 3.08. The first-order chi connectivity index (χ1) is 6.50. The second-order valence-electron chi connectivity index (χ2n) is 3.11. The third-order valence-corrected chi connectivity index (χ3v) is 2.85. The summed E-state index contributed by atoms with van der Waals surface area (Å²) in [5.41, 5.74) is 0.274. The second-order valence-corrected chi connectivity index (χ2v) is 5.17. The van der Waals surface area contributed by atoms with Crippen LogP contribution in [0.1, 0.15) is 24.2 Å². The maximum Gasteiger partial charge on any atom is 0.336 e. The summed E-state index contributed by atoms with van der Waals surface area (Å²) in [4.78, 5) is 11.6. The third kappa shape index (κ3) is 2.93. The van der Waals surface area contributed by atoms with Crippen molar-refractivity contribution in [2.75, 3.05) is 0 Å². The first-order valence-electron chi connectivity index (χ1n) is 4.20. The average Bonchev–Trinajstić information content (AvgIpc) is 2.07. The lowest BCUT2D eigenvalue weighted by molar-refractivity contribution is 0.0693. The maximum absolute atomic E-state index is 10.9. The number of rotatable bonds is 3. The average molecular weight is 231 g/mol. The highest BCUT2D eigenvalue weighted by Crippen LogP contribution is 2.28. The zero-order valence-electron chi connectivity index (χ0n) is 7.95. The predicted molar refractivity (Wildman–Crippen MR) is 59.4 cm³/mol. The van der Waals surface area contributed by atoms with E-state index < -0.39 is 5.97 Å². The molecule has 14 heavy (non-hydrogen) atoms. The number of halogens is 1. The van der Waals surface area contributed by atoms with E-state index >= 15 is 0 Å². The molecule has 76 valence electrons. The van der Waals surface area contributed by atoms with Gasteiger partial charge in [-0.2, -0.15) is 0 Å². The Labute approximate surface area is 92.3 Å². The van der Waals surface area contributed by atoms with Crippen LogP contribution in [0, 0.1) is 0 Å². The summed E-state index contributed by atoms with van der Waals surface area (Å²) in [5.74, 6) is -0.935.